The Morgan fingerprint density at radius 1 is 1.05 bits per heavy atom. The van der Waals surface area contributed by atoms with Crippen LogP contribution in [0.25, 0.3) is 11.1 Å². The van der Waals surface area contributed by atoms with Crippen molar-refractivity contribution in [3.8, 4) is 16.9 Å². The fraction of sp³-hybridized carbons (Fsp3) is 0.211. The second kappa shape index (κ2) is 6.94. The van der Waals surface area contributed by atoms with Crippen molar-refractivity contribution >= 4 is 0 Å². The molecule has 1 aromatic heterocycles. The highest BCUT2D eigenvalue weighted by atomic mass is 16.5. The number of aromatic nitrogens is 2. The lowest BCUT2D eigenvalue weighted by Gasteiger charge is -2.12. The van der Waals surface area contributed by atoms with Crippen molar-refractivity contribution in [2.45, 2.75) is 19.8 Å². The van der Waals surface area contributed by atoms with Crippen LogP contribution in [0.5, 0.6) is 5.75 Å². The number of H-pyrrole nitrogens is 1. The van der Waals surface area contributed by atoms with Crippen LogP contribution < -0.4 is 4.74 Å². The van der Waals surface area contributed by atoms with Gasteiger partial charge in [-0.3, -0.25) is 0 Å². The SMILES string of the molecule is CCOc1ccc(CCc2ncc[nH]2)c(-c2ccccc2)c1. The van der Waals surface area contributed by atoms with Gasteiger partial charge in [-0.05, 0) is 42.2 Å². The van der Waals surface area contributed by atoms with E-state index in [1.54, 1.807) is 6.20 Å². The molecule has 0 atom stereocenters. The molecule has 0 aliphatic heterocycles. The predicted octanol–water partition coefficient (Wildman–Crippen LogP) is 4.26. The minimum atomic E-state index is 0.681. The number of hydrogen-bond donors (Lipinski definition) is 1. The van der Waals surface area contributed by atoms with Gasteiger partial charge in [0.1, 0.15) is 11.6 Å². The van der Waals surface area contributed by atoms with E-state index in [0.717, 1.165) is 24.4 Å². The number of nitrogens with one attached hydrogen (secondary N) is 1. The number of rotatable bonds is 6. The molecule has 1 heterocycles. The monoisotopic (exact) mass is 292 g/mol. The molecule has 0 bridgehead atoms. The molecule has 0 fully saturated rings. The second-order valence-electron chi connectivity index (χ2n) is 5.15. The quantitative estimate of drug-likeness (QED) is 0.737. The molecule has 3 nitrogen and oxygen atoms in total. The molecular formula is C19H20N2O. The fourth-order valence-electron chi connectivity index (χ4n) is 2.60. The molecule has 1 N–H and O–H groups in total. The van der Waals surface area contributed by atoms with Gasteiger partial charge >= 0.3 is 0 Å². The first-order chi connectivity index (χ1) is 10.9. The highest BCUT2D eigenvalue weighted by Gasteiger charge is 2.08. The van der Waals surface area contributed by atoms with E-state index in [-0.39, 0.29) is 0 Å². The highest BCUT2D eigenvalue weighted by molar-refractivity contribution is 5.69. The second-order valence-corrected chi connectivity index (χ2v) is 5.15. The van der Waals surface area contributed by atoms with E-state index in [1.165, 1.54) is 16.7 Å². The predicted molar refractivity (Wildman–Crippen MR) is 89.0 cm³/mol. The number of ether oxygens (including phenoxy) is 1. The van der Waals surface area contributed by atoms with E-state index in [9.17, 15) is 0 Å². The first-order valence-electron chi connectivity index (χ1n) is 7.66. The maximum Gasteiger partial charge on any atom is 0.119 e. The molecule has 0 spiro atoms. The molecule has 3 aromatic rings. The van der Waals surface area contributed by atoms with Crippen molar-refractivity contribution in [1.82, 2.24) is 9.97 Å². The van der Waals surface area contributed by atoms with Gasteiger partial charge in [-0.15, -0.1) is 0 Å². The topological polar surface area (TPSA) is 37.9 Å². The summed E-state index contributed by atoms with van der Waals surface area (Å²) in [7, 11) is 0. The molecule has 0 radical (unpaired) electrons. The van der Waals surface area contributed by atoms with E-state index in [2.05, 4.69) is 46.4 Å². The largest absolute Gasteiger partial charge is 0.494 e. The highest BCUT2D eigenvalue weighted by Crippen LogP contribution is 2.29. The first kappa shape index (κ1) is 14.4. The molecule has 0 unspecified atom stereocenters. The first-order valence-corrected chi connectivity index (χ1v) is 7.66. The van der Waals surface area contributed by atoms with Crippen molar-refractivity contribution in [3.63, 3.8) is 0 Å². The summed E-state index contributed by atoms with van der Waals surface area (Å²) in [6, 6.07) is 16.8. The molecule has 2 aromatic carbocycles. The van der Waals surface area contributed by atoms with E-state index in [0.29, 0.717) is 6.61 Å². The van der Waals surface area contributed by atoms with Crippen molar-refractivity contribution in [2.75, 3.05) is 6.61 Å². The summed E-state index contributed by atoms with van der Waals surface area (Å²) in [5, 5.41) is 0. The minimum Gasteiger partial charge on any atom is -0.494 e. The van der Waals surface area contributed by atoms with Gasteiger partial charge in [-0.25, -0.2) is 4.98 Å². The normalized spacial score (nSPS) is 10.6. The average Bonchev–Trinajstić information content (AvgIpc) is 3.08. The smallest absolute Gasteiger partial charge is 0.119 e. The summed E-state index contributed by atoms with van der Waals surface area (Å²) in [6.07, 6.45) is 5.52. The van der Waals surface area contributed by atoms with Crippen LogP contribution in [0.2, 0.25) is 0 Å². The van der Waals surface area contributed by atoms with E-state index >= 15 is 0 Å². The molecule has 0 amide bonds. The van der Waals surface area contributed by atoms with E-state index in [1.807, 2.05) is 25.3 Å². The lowest BCUT2D eigenvalue weighted by Crippen LogP contribution is -1.98. The van der Waals surface area contributed by atoms with Gasteiger partial charge < -0.3 is 9.72 Å². The van der Waals surface area contributed by atoms with Gasteiger partial charge in [0.05, 0.1) is 6.61 Å². The zero-order valence-corrected chi connectivity index (χ0v) is 12.8. The maximum atomic E-state index is 5.65. The van der Waals surface area contributed by atoms with Gasteiger partial charge in [0.25, 0.3) is 0 Å². The van der Waals surface area contributed by atoms with Gasteiger partial charge in [0.15, 0.2) is 0 Å². The van der Waals surface area contributed by atoms with Crippen LogP contribution in [0.1, 0.15) is 18.3 Å². The van der Waals surface area contributed by atoms with Crippen LogP contribution in [0.15, 0.2) is 60.9 Å². The molecule has 3 rings (SSSR count). The van der Waals surface area contributed by atoms with Crippen molar-refractivity contribution in [3.05, 3.63) is 72.3 Å². The third-order valence-corrected chi connectivity index (χ3v) is 3.66. The Kier molecular flexibility index (Phi) is 4.54. The minimum absolute atomic E-state index is 0.681. The Morgan fingerprint density at radius 2 is 1.91 bits per heavy atom. The number of hydrogen-bond acceptors (Lipinski definition) is 2. The summed E-state index contributed by atoms with van der Waals surface area (Å²) >= 11 is 0. The molecule has 112 valence electrons. The molecule has 0 aliphatic rings. The van der Waals surface area contributed by atoms with E-state index < -0.39 is 0 Å². The molecule has 3 heteroatoms. The number of nitrogens with zero attached hydrogens (tertiary/aromatic N) is 1. The zero-order valence-electron chi connectivity index (χ0n) is 12.8. The van der Waals surface area contributed by atoms with Crippen molar-refractivity contribution < 1.29 is 4.74 Å². The maximum absolute atomic E-state index is 5.65. The number of aromatic amines is 1. The fourth-order valence-corrected chi connectivity index (χ4v) is 2.60. The van der Waals surface area contributed by atoms with Crippen LogP contribution in [-0.4, -0.2) is 16.6 Å². The molecule has 0 saturated heterocycles. The Morgan fingerprint density at radius 3 is 2.64 bits per heavy atom. The summed E-state index contributed by atoms with van der Waals surface area (Å²) < 4.78 is 5.65. The molecule has 0 aliphatic carbocycles. The van der Waals surface area contributed by atoms with E-state index in [4.69, 9.17) is 4.74 Å². The average molecular weight is 292 g/mol. The van der Waals surface area contributed by atoms with Gasteiger partial charge in [0.2, 0.25) is 0 Å². The van der Waals surface area contributed by atoms with Crippen molar-refractivity contribution in [2.24, 2.45) is 0 Å². The number of aryl methyl sites for hydroxylation is 2. The summed E-state index contributed by atoms with van der Waals surface area (Å²) in [5.74, 6) is 1.94. The Balaban J connectivity index is 1.90. The Labute approximate surface area is 131 Å². The van der Waals surface area contributed by atoms with Crippen LogP contribution in [0.4, 0.5) is 0 Å². The number of benzene rings is 2. The summed E-state index contributed by atoms with van der Waals surface area (Å²) in [5.41, 5.74) is 3.77. The van der Waals surface area contributed by atoms with Crippen molar-refractivity contribution in [1.29, 1.82) is 0 Å². The lowest BCUT2D eigenvalue weighted by molar-refractivity contribution is 0.340. The lowest BCUT2D eigenvalue weighted by atomic mass is 9.96. The molecular weight excluding hydrogens is 272 g/mol. The Bertz CT molecular complexity index is 706. The molecule has 22 heavy (non-hydrogen) atoms. The summed E-state index contributed by atoms with van der Waals surface area (Å²) in [4.78, 5) is 7.46. The standard InChI is InChI=1S/C19H20N2O/c1-2-22-17-10-8-16(9-11-19-20-12-13-21-19)18(14-17)15-6-4-3-5-7-15/h3-8,10,12-14H,2,9,11H2,1H3,(H,20,21). The van der Waals surface area contributed by atoms with Gasteiger partial charge in [-0.2, -0.15) is 0 Å². The Hall–Kier alpha value is -2.55. The van der Waals surface area contributed by atoms with Crippen LogP contribution in [0.3, 0.4) is 0 Å². The van der Waals surface area contributed by atoms with Gasteiger partial charge in [-0.1, -0.05) is 36.4 Å². The number of imidazole rings is 1. The van der Waals surface area contributed by atoms with Crippen LogP contribution >= 0.6 is 0 Å². The molecule has 0 saturated carbocycles. The van der Waals surface area contributed by atoms with Gasteiger partial charge in [0, 0.05) is 18.8 Å². The zero-order chi connectivity index (χ0) is 15.2. The van der Waals surface area contributed by atoms with Crippen LogP contribution in [0, 0.1) is 0 Å². The third kappa shape index (κ3) is 3.37. The third-order valence-electron chi connectivity index (χ3n) is 3.66. The van der Waals surface area contributed by atoms with Crippen LogP contribution in [-0.2, 0) is 12.8 Å². The summed E-state index contributed by atoms with van der Waals surface area (Å²) in [6.45, 7) is 2.69.